The number of carbonyl (C=O) groups is 4. The van der Waals surface area contributed by atoms with E-state index in [1.807, 2.05) is 0 Å². The summed E-state index contributed by atoms with van der Waals surface area (Å²) >= 11 is 0. The number of rotatable bonds is 6. The van der Waals surface area contributed by atoms with Crippen molar-refractivity contribution >= 4 is 45.3 Å². The Morgan fingerprint density at radius 1 is 1.42 bits per heavy atom. The van der Waals surface area contributed by atoms with Crippen molar-refractivity contribution in [1.29, 1.82) is 0 Å². The van der Waals surface area contributed by atoms with Crippen molar-refractivity contribution in [3.8, 4) is 0 Å². The number of imide groups is 1. The second-order valence-electron chi connectivity index (χ2n) is 3.85. The van der Waals surface area contributed by atoms with Crippen LogP contribution in [-0.4, -0.2) is 40.4 Å². The van der Waals surface area contributed by atoms with Crippen molar-refractivity contribution in [3.05, 3.63) is 0 Å². The Kier molecular flexibility index (Phi) is 6.16. The number of amides is 3. The minimum atomic E-state index is -0.670. The number of hydrogen-bond acceptors (Lipinski definition) is 7. The Hall–Kier alpha value is -1.22. The van der Waals surface area contributed by atoms with Gasteiger partial charge in [-0.2, -0.15) is 0 Å². The predicted octanol–water partition coefficient (Wildman–Crippen LogP) is 0.315. The molecular weight excluding hydrogens is 292 g/mol. The largest absolute Gasteiger partial charge is 0.346 e. The van der Waals surface area contributed by atoms with Crippen LogP contribution >= 0.6 is 21.6 Å². The van der Waals surface area contributed by atoms with E-state index in [1.165, 1.54) is 28.5 Å². The summed E-state index contributed by atoms with van der Waals surface area (Å²) in [5.74, 6) is -1.91. The first kappa shape index (κ1) is 15.8. The molecule has 1 rings (SSSR count). The molecule has 1 unspecified atom stereocenters. The molecule has 0 aromatic carbocycles. The van der Waals surface area contributed by atoms with Gasteiger partial charge in [0.05, 0.1) is 5.88 Å². The van der Waals surface area contributed by atoms with Gasteiger partial charge in [-0.3, -0.25) is 14.4 Å². The van der Waals surface area contributed by atoms with Gasteiger partial charge in [-0.25, -0.2) is 4.79 Å². The van der Waals surface area contributed by atoms with Crippen molar-refractivity contribution in [2.75, 3.05) is 11.6 Å². The standard InChI is InChI=1S/C10H14N2O5S2/c1-6-3-8(14)12(10(6)16)17-9(15)4-18-19-5-11-7(2)13/h6H,3-5H2,1-2H3,(H,11,13). The number of hydrogen-bond donors (Lipinski definition) is 1. The van der Waals surface area contributed by atoms with E-state index in [9.17, 15) is 19.2 Å². The summed E-state index contributed by atoms with van der Waals surface area (Å²) in [4.78, 5) is 49.5. The van der Waals surface area contributed by atoms with E-state index in [1.54, 1.807) is 6.92 Å². The van der Waals surface area contributed by atoms with E-state index in [0.29, 0.717) is 10.9 Å². The molecule has 9 heteroatoms. The maximum atomic E-state index is 11.5. The zero-order valence-corrected chi connectivity index (χ0v) is 12.1. The van der Waals surface area contributed by atoms with Gasteiger partial charge in [0, 0.05) is 19.3 Å². The fraction of sp³-hybridized carbons (Fsp3) is 0.600. The Morgan fingerprint density at radius 2 is 2.11 bits per heavy atom. The van der Waals surface area contributed by atoms with Gasteiger partial charge >= 0.3 is 5.97 Å². The molecule has 0 aliphatic carbocycles. The number of nitrogens with one attached hydrogen (secondary N) is 1. The number of hydroxylamine groups is 2. The lowest BCUT2D eigenvalue weighted by atomic mass is 10.1. The van der Waals surface area contributed by atoms with Crippen LogP contribution in [0.5, 0.6) is 0 Å². The lowest BCUT2D eigenvalue weighted by Gasteiger charge is -2.12. The molecule has 106 valence electrons. The van der Waals surface area contributed by atoms with Crippen molar-refractivity contribution in [3.63, 3.8) is 0 Å². The molecule has 3 amide bonds. The maximum Gasteiger partial charge on any atom is 0.343 e. The molecule has 1 aliphatic rings. The van der Waals surface area contributed by atoms with Crippen molar-refractivity contribution in [2.24, 2.45) is 5.92 Å². The molecule has 1 atom stereocenters. The van der Waals surface area contributed by atoms with Gasteiger partial charge in [0.2, 0.25) is 5.91 Å². The fourth-order valence-electron chi connectivity index (χ4n) is 1.24. The molecule has 1 N–H and O–H groups in total. The summed E-state index contributed by atoms with van der Waals surface area (Å²) in [6.07, 6.45) is 0.0660. The highest BCUT2D eigenvalue weighted by Gasteiger charge is 2.38. The molecule has 1 heterocycles. The Morgan fingerprint density at radius 3 is 2.63 bits per heavy atom. The first-order chi connectivity index (χ1) is 8.91. The van der Waals surface area contributed by atoms with Crippen molar-refractivity contribution < 1.29 is 24.0 Å². The average molecular weight is 306 g/mol. The summed E-state index contributed by atoms with van der Waals surface area (Å²) < 4.78 is 0. The first-order valence-corrected chi connectivity index (χ1v) is 7.97. The maximum absolute atomic E-state index is 11.5. The van der Waals surface area contributed by atoms with Gasteiger partial charge in [0.1, 0.15) is 5.75 Å². The van der Waals surface area contributed by atoms with Crippen molar-refractivity contribution in [1.82, 2.24) is 10.4 Å². The topological polar surface area (TPSA) is 92.8 Å². The molecule has 0 aromatic rings. The zero-order chi connectivity index (χ0) is 14.4. The van der Waals surface area contributed by atoms with Crippen LogP contribution < -0.4 is 5.32 Å². The molecule has 7 nitrogen and oxygen atoms in total. The molecule has 19 heavy (non-hydrogen) atoms. The molecule has 0 saturated carbocycles. The SMILES string of the molecule is CC(=O)NCSSCC(=O)ON1C(=O)CC(C)C1=O. The van der Waals surface area contributed by atoms with Gasteiger partial charge in [0.15, 0.2) is 0 Å². The summed E-state index contributed by atoms with van der Waals surface area (Å²) in [7, 11) is 2.43. The second kappa shape index (κ2) is 7.39. The van der Waals surface area contributed by atoms with Crippen LogP contribution in [0.4, 0.5) is 0 Å². The molecule has 0 aromatic heterocycles. The molecule has 1 saturated heterocycles. The fourth-order valence-corrected chi connectivity index (χ4v) is 2.79. The zero-order valence-electron chi connectivity index (χ0n) is 10.5. The Balaban J connectivity index is 2.22. The first-order valence-electron chi connectivity index (χ1n) is 5.48. The lowest BCUT2D eigenvalue weighted by molar-refractivity contribution is -0.196. The molecule has 0 spiro atoms. The Bertz CT molecular complexity index is 401. The van der Waals surface area contributed by atoms with Gasteiger partial charge in [0.25, 0.3) is 11.8 Å². The van der Waals surface area contributed by atoms with Crippen LogP contribution in [0.1, 0.15) is 20.3 Å². The van der Waals surface area contributed by atoms with Gasteiger partial charge in [-0.15, -0.1) is 5.06 Å². The highest BCUT2D eigenvalue weighted by atomic mass is 33.1. The number of nitrogens with zero attached hydrogens (tertiary/aromatic N) is 1. The van der Waals surface area contributed by atoms with E-state index in [4.69, 9.17) is 4.84 Å². The number of carbonyl (C=O) groups excluding carboxylic acids is 4. The Labute approximate surface area is 118 Å². The third-order valence-electron chi connectivity index (χ3n) is 2.16. The predicted molar refractivity (Wildman–Crippen MR) is 70.5 cm³/mol. The minimum Gasteiger partial charge on any atom is -0.346 e. The van der Waals surface area contributed by atoms with E-state index in [-0.39, 0.29) is 18.1 Å². The molecule has 1 fully saturated rings. The minimum absolute atomic E-state index is 0.0182. The summed E-state index contributed by atoms with van der Waals surface area (Å²) in [6, 6.07) is 0. The lowest BCUT2D eigenvalue weighted by Crippen LogP contribution is -2.33. The molecular formula is C10H14N2O5S2. The van der Waals surface area contributed by atoms with Crippen LogP contribution in [0.3, 0.4) is 0 Å². The smallest absolute Gasteiger partial charge is 0.343 e. The van der Waals surface area contributed by atoms with Gasteiger partial charge < -0.3 is 10.2 Å². The summed E-state index contributed by atoms with van der Waals surface area (Å²) in [6.45, 7) is 3.00. The van der Waals surface area contributed by atoms with Crippen LogP contribution in [-0.2, 0) is 24.0 Å². The van der Waals surface area contributed by atoms with Gasteiger partial charge in [-0.1, -0.05) is 28.5 Å². The second-order valence-corrected chi connectivity index (χ2v) is 6.32. The van der Waals surface area contributed by atoms with Gasteiger partial charge in [-0.05, 0) is 0 Å². The monoisotopic (exact) mass is 306 g/mol. The molecule has 0 bridgehead atoms. The van der Waals surface area contributed by atoms with E-state index in [2.05, 4.69) is 5.32 Å². The molecule has 1 aliphatic heterocycles. The highest BCUT2D eigenvalue weighted by molar-refractivity contribution is 8.76. The van der Waals surface area contributed by atoms with E-state index >= 15 is 0 Å². The normalized spacial score (nSPS) is 18.6. The van der Waals surface area contributed by atoms with Crippen molar-refractivity contribution in [2.45, 2.75) is 20.3 Å². The van der Waals surface area contributed by atoms with E-state index in [0.717, 1.165) is 0 Å². The third-order valence-corrected chi connectivity index (χ3v) is 4.15. The van der Waals surface area contributed by atoms with Crippen LogP contribution in [0.25, 0.3) is 0 Å². The third kappa shape index (κ3) is 5.11. The molecule has 0 radical (unpaired) electrons. The van der Waals surface area contributed by atoms with Crippen LogP contribution in [0.15, 0.2) is 0 Å². The highest BCUT2D eigenvalue weighted by Crippen LogP contribution is 2.22. The average Bonchev–Trinajstić information content (AvgIpc) is 2.55. The summed E-state index contributed by atoms with van der Waals surface area (Å²) in [5.41, 5.74) is 0. The van der Waals surface area contributed by atoms with Crippen LogP contribution in [0.2, 0.25) is 0 Å². The van der Waals surface area contributed by atoms with Crippen LogP contribution in [0, 0.1) is 5.92 Å². The van der Waals surface area contributed by atoms with E-state index < -0.39 is 23.7 Å². The summed E-state index contributed by atoms with van der Waals surface area (Å²) in [5, 5.41) is 3.08. The quantitative estimate of drug-likeness (QED) is 0.327.